The molecule has 3 heteroatoms. The molecular weight excluding hydrogens is 358 g/mol. The van der Waals surface area contributed by atoms with Gasteiger partial charge in [-0.1, -0.05) is 20.8 Å². The van der Waals surface area contributed by atoms with Gasteiger partial charge in [-0.05, 0) is 126 Å². The van der Waals surface area contributed by atoms with Gasteiger partial charge in [0.15, 0.2) is 5.79 Å². The molecule has 2 N–H and O–H groups in total. The first-order valence-corrected chi connectivity index (χ1v) is 12.7. The van der Waals surface area contributed by atoms with Gasteiger partial charge in [-0.3, -0.25) is 0 Å². The van der Waals surface area contributed by atoms with Crippen LogP contribution < -0.4 is 0 Å². The Kier molecular flexibility index (Phi) is 5.93. The number of aliphatic hydroxyl groups is 2. The fourth-order valence-electron chi connectivity index (χ4n) is 9.27. The van der Waals surface area contributed by atoms with Crippen LogP contribution in [0.4, 0.5) is 0 Å². The van der Waals surface area contributed by atoms with Gasteiger partial charge in [0.2, 0.25) is 0 Å². The third kappa shape index (κ3) is 3.42. The van der Waals surface area contributed by atoms with E-state index in [4.69, 9.17) is 0 Å². The Morgan fingerprint density at radius 3 is 2.41 bits per heavy atom. The zero-order valence-corrected chi connectivity index (χ0v) is 19.8. The molecule has 29 heavy (non-hydrogen) atoms. The van der Waals surface area contributed by atoms with Gasteiger partial charge in [0.25, 0.3) is 0 Å². The van der Waals surface area contributed by atoms with E-state index in [9.17, 15) is 10.2 Å². The largest absolute Gasteiger partial charge is 0.365 e. The molecule has 4 aliphatic rings. The zero-order valence-electron chi connectivity index (χ0n) is 19.8. The van der Waals surface area contributed by atoms with Gasteiger partial charge >= 0.3 is 0 Å². The Morgan fingerprint density at radius 1 is 0.931 bits per heavy atom. The van der Waals surface area contributed by atoms with E-state index in [-0.39, 0.29) is 5.41 Å². The maximum absolute atomic E-state index is 11.1. The Morgan fingerprint density at radius 2 is 1.69 bits per heavy atom. The second-order valence-electron chi connectivity index (χ2n) is 12.3. The van der Waals surface area contributed by atoms with Gasteiger partial charge in [0.05, 0.1) is 0 Å². The SMILES string of the molecule is C[C@H](CCCN(C)C)[C@H]1CC[C@H]2[C@@H]3CC[C@@H]4CCCC(O)(O)[C@]4(C)[C@H]3CC[C@]12C. The third-order valence-electron chi connectivity index (χ3n) is 10.9. The lowest BCUT2D eigenvalue weighted by molar-refractivity contribution is -0.313. The molecule has 0 heterocycles. The third-order valence-corrected chi connectivity index (χ3v) is 10.9. The van der Waals surface area contributed by atoms with Gasteiger partial charge in [0.1, 0.15) is 0 Å². The monoisotopic (exact) mass is 405 g/mol. The minimum atomic E-state index is -1.45. The summed E-state index contributed by atoms with van der Waals surface area (Å²) in [6.45, 7) is 8.60. The van der Waals surface area contributed by atoms with E-state index in [0.717, 1.165) is 24.2 Å². The Labute approximate surface area is 179 Å². The van der Waals surface area contributed by atoms with Crippen molar-refractivity contribution in [1.82, 2.24) is 4.90 Å². The van der Waals surface area contributed by atoms with Crippen LogP contribution in [0.2, 0.25) is 0 Å². The van der Waals surface area contributed by atoms with E-state index in [1.807, 2.05) is 0 Å². The first-order valence-electron chi connectivity index (χ1n) is 12.7. The van der Waals surface area contributed by atoms with Crippen molar-refractivity contribution in [3.8, 4) is 0 Å². The van der Waals surface area contributed by atoms with Crippen LogP contribution in [0, 0.1) is 46.3 Å². The summed E-state index contributed by atoms with van der Waals surface area (Å²) in [7, 11) is 4.37. The Balaban J connectivity index is 1.51. The van der Waals surface area contributed by atoms with Crippen molar-refractivity contribution in [3.63, 3.8) is 0 Å². The van der Waals surface area contributed by atoms with Gasteiger partial charge in [0, 0.05) is 11.8 Å². The molecule has 4 rings (SSSR count). The molecule has 0 amide bonds. The van der Waals surface area contributed by atoms with Crippen LogP contribution >= 0.6 is 0 Å². The van der Waals surface area contributed by atoms with E-state index in [2.05, 4.69) is 39.8 Å². The maximum Gasteiger partial charge on any atom is 0.168 e. The fraction of sp³-hybridized carbons (Fsp3) is 1.00. The first-order chi connectivity index (χ1) is 13.6. The molecule has 0 spiro atoms. The topological polar surface area (TPSA) is 43.7 Å². The molecule has 0 aliphatic heterocycles. The van der Waals surface area contributed by atoms with Gasteiger partial charge < -0.3 is 15.1 Å². The van der Waals surface area contributed by atoms with Crippen LogP contribution in [0.3, 0.4) is 0 Å². The van der Waals surface area contributed by atoms with Crippen LogP contribution in [-0.4, -0.2) is 41.5 Å². The van der Waals surface area contributed by atoms with Gasteiger partial charge in [-0.2, -0.15) is 0 Å². The molecular formula is C26H47NO2. The van der Waals surface area contributed by atoms with Crippen molar-refractivity contribution < 1.29 is 10.2 Å². The lowest BCUT2D eigenvalue weighted by Gasteiger charge is -2.63. The van der Waals surface area contributed by atoms with E-state index in [1.165, 1.54) is 64.3 Å². The highest BCUT2D eigenvalue weighted by Gasteiger charge is 2.65. The van der Waals surface area contributed by atoms with Crippen molar-refractivity contribution in [3.05, 3.63) is 0 Å². The molecule has 8 atom stereocenters. The van der Waals surface area contributed by atoms with Crippen molar-refractivity contribution in [2.75, 3.05) is 20.6 Å². The second kappa shape index (κ2) is 7.78. The molecule has 0 radical (unpaired) electrons. The summed E-state index contributed by atoms with van der Waals surface area (Å²) < 4.78 is 0. The fourth-order valence-corrected chi connectivity index (χ4v) is 9.27. The average molecular weight is 406 g/mol. The Hall–Kier alpha value is -0.120. The zero-order chi connectivity index (χ0) is 21.0. The van der Waals surface area contributed by atoms with Crippen molar-refractivity contribution >= 4 is 0 Å². The lowest BCUT2D eigenvalue weighted by Crippen LogP contribution is -2.63. The molecule has 3 nitrogen and oxygen atoms in total. The molecule has 0 aromatic rings. The molecule has 4 fully saturated rings. The molecule has 0 bridgehead atoms. The number of nitrogens with zero attached hydrogens (tertiary/aromatic N) is 1. The first kappa shape index (κ1) is 22.1. The average Bonchev–Trinajstić information content (AvgIpc) is 2.99. The van der Waals surface area contributed by atoms with Crippen LogP contribution in [0.25, 0.3) is 0 Å². The van der Waals surface area contributed by atoms with Crippen molar-refractivity contribution in [1.29, 1.82) is 0 Å². The summed E-state index contributed by atoms with van der Waals surface area (Å²) in [6, 6.07) is 0. The van der Waals surface area contributed by atoms with Crippen molar-refractivity contribution in [2.24, 2.45) is 46.3 Å². The highest BCUT2D eigenvalue weighted by molar-refractivity contribution is 5.12. The summed E-state index contributed by atoms with van der Waals surface area (Å²) in [5, 5.41) is 22.2. The summed E-state index contributed by atoms with van der Waals surface area (Å²) in [6.07, 6.45) is 13.3. The highest BCUT2D eigenvalue weighted by atomic mass is 16.5. The van der Waals surface area contributed by atoms with Crippen molar-refractivity contribution in [2.45, 2.75) is 97.2 Å². The van der Waals surface area contributed by atoms with Crippen LogP contribution in [0.15, 0.2) is 0 Å². The second-order valence-corrected chi connectivity index (χ2v) is 12.3. The standard InChI is InChI=1S/C26H47NO2/c1-18(8-7-17-27(4)5)21-12-13-22-20-11-10-19-9-6-15-26(28,29)25(19,3)23(20)14-16-24(21,22)2/h18-23,28-29H,6-17H2,1-5H3/t18-,19+,20+,21-,22+,23+,24-,25+/m1/s1. The van der Waals surface area contributed by atoms with E-state index in [0.29, 0.717) is 29.6 Å². The van der Waals surface area contributed by atoms with Crippen LogP contribution in [-0.2, 0) is 0 Å². The van der Waals surface area contributed by atoms with E-state index >= 15 is 0 Å². The molecule has 168 valence electrons. The molecule has 4 aliphatic carbocycles. The van der Waals surface area contributed by atoms with E-state index < -0.39 is 5.79 Å². The molecule has 4 saturated carbocycles. The number of rotatable bonds is 5. The lowest BCUT2D eigenvalue weighted by atomic mass is 9.43. The highest BCUT2D eigenvalue weighted by Crippen LogP contribution is 2.69. The predicted octanol–water partition coefficient (Wildman–Crippen LogP) is 5.30. The molecule has 0 aromatic carbocycles. The van der Waals surface area contributed by atoms with Crippen LogP contribution in [0.5, 0.6) is 0 Å². The number of hydrogen-bond acceptors (Lipinski definition) is 3. The quantitative estimate of drug-likeness (QED) is 0.610. The summed E-state index contributed by atoms with van der Waals surface area (Å²) >= 11 is 0. The normalized spacial score (nSPS) is 47.4. The van der Waals surface area contributed by atoms with Crippen LogP contribution in [0.1, 0.15) is 91.4 Å². The summed E-state index contributed by atoms with van der Waals surface area (Å²) in [5.41, 5.74) is 0.190. The minimum Gasteiger partial charge on any atom is -0.365 e. The Bertz CT molecular complexity index is 589. The van der Waals surface area contributed by atoms with Gasteiger partial charge in [-0.25, -0.2) is 0 Å². The number of hydrogen-bond donors (Lipinski definition) is 2. The summed E-state index contributed by atoms with van der Waals surface area (Å²) in [4.78, 5) is 2.32. The predicted molar refractivity (Wildman–Crippen MR) is 119 cm³/mol. The number of fused-ring (bicyclic) bond motifs is 5. The van der Waals surface area contributed by atoms with Gasteiger partial charge in [-0.15, -0.1) is 0 Å². The molecule has 0 aromatic heterocycles. The maximum atomic E-state index is 11.1. The molecule has 0 unspecified atom stereocenters. The van der Waals surface area contributed by atoms with E-state index in [1.54, 1.807) is 0 Å². The summed E-state index contributed by atoms with van der Waals surface area (Å²) in [5.74, 6) is 2.77. The smallest absolute Gasteiger partial charge is 0.168 e. The minimum absolute atomic E-state index is 0.287. The molecule has 0 saturated heterocycles.